The Balaban J connectivity index is 0.000000152. The standard InChI is InChI=1S/2C19H16N.C19H15N.Rh/c3*1-2-15-8-6-7-11-18(15)17-12-13-19(20-14-17)16-9-4-3-5-10-16;/h2*3-9,11-14H,2H2,1H3;2-9,11-14H,1H3;/q2*-1;-2;. The minimum absolute atomic E-state index is 0. The Labute approximate surface area is 375 Å². The Bertz CT molecular complexity index is 2360. The molecule has 0 amide bonds. The van der Waals surface area contributed by atoms with Gasteiger partial charge in [-0.3, -0.25) is 0 Å². The van der Waals surface area contributed by atoms with E-state index in [1.807, 2.05) is 97.5 Å². The van der Waals surface area contributed by atoms with Crippen LogP contribution in [-0.2, 0) is 32.3 Å². The van der Waals surface area contributed by atoms with Gasteiger partial charge in [0.05, 0.1) is 0 Å². The third-order valence-electron chi connectivity index (χ3n) is 10.2. The first-order valence-corrected chi connectivity index (χ1v) is 20.5. The van der Waals surface area contributed by atoms with Crippen LogP contribution in [0, 0.1) is 24.6 Å². The number of benzene rings is 6. The summed E-state index contributed by atoms with van der Waals surface area (Å²) >= 11 is 0. The number of aryl methyl sites for hydroxylation is 2. The van der Waals surface area contributed by atoms with Crippen molar-refractivity contribution < 1.29 is 19.5 Å². The fourth-order valence-electron chi connectivity index (χ4n) is 7.03. The fourth-order valence-corrected chi connectivity index (χ4v) is 7.03. The topological polar surface area (TPSA) is 38.7 Å². The van der Waals surface area contributed by atoms with Crippen LogP contribution in [0.2, 0.25) is 0 Å². The number of hydrogen-bond acceptors (Lipinski definition) is 3. The van der Waals surface area contributed by atoms with Crippen LogP contribution in [0.25, 0.3) is 67.2 Å². The molecule has 0 fully saturated rings. The van der Waals surface area contributed by atoms with Crippen molar-refractivity contribution in [3.05, 3.63) is 242 Å². The molecule has 0 atom stereocenters. The number of nitrogens with zero attached hydrogens (tertiary/aromatic N) is 3. The van der Waals surface area contributed by atoms with E-state index < -0.39 is 0 Å². The Morgan fingerprint density at radius 1 is 0.393 bits per heavy atom. The molecule has 1 radical (unpaired) electrons. The summed E-state index contributed by atoms with van der Waals surface area (Å²) < 4.78 is 0. The van der Waals surface area contributed by atoms with Gasteiger partial charge in [-0.15, -0.1) is 125 Å². The molecular formula is C57H47N3Rh-4. The molecule has 0 N–H and O–H groups in total. The van der Waals surface area contributed by atoms with Gasteiger partial charge in [-0.1, -0.05) is 117 Å². The van der Waals surface area contributed by atoms with Gasteiger partial charge in [0, 0.05) is 38.1 Å². The van der Waals surface area contributed by atoms with E-state index in [-0.39, 0.29) is 19.5 Å². The summed E-state index contributed by atoms with van der Waals surface area (Å²) in [6.45, 7) is 6.42. The van der Waals surface area contributed by atoms with Crippen LogP contribution >= 0.6 is 0 Å². The molecule has 0 bridgehead atoms. The van der Waals surface area contributed by atoms with Crippen LogP contribution < -0.4 is 0 Å². The smallest absolute Gasteiger partial charge is 0.0239 e. The van der Waals surface area contributed by atoms with E-state index in [1.165, 1.54) is 44.5 Å². The van der Waals surface area contributed by atoms with Gasteiger partial charge in [0.1, 0.15) is 0 Å². The largest absolute Gasteiger partial charge is 0.305 e. The van der Waals surface area contributed by atoms with Crippen LogP contribution in [-0.4, -0.2) is 15.0 Å². The summed E-state index contributed by atoms with van der Waals surface area (Å²) in [7, 11) is 0. The number of hydrogen-bond donors (Lipinski definition) is 0. The first kappa shape index (κ1) is 43.8. The second-order valence-corrected chi connectivity index (χ2v) is 14.0. The molecule has 0 aliphatic rings. The van der Waals surface area contributed by atoms with Gasteiger partial charge in [-0.05, 0) is 63.3 Å². The molecule has 3 heterocycles. The van der Waals surface area contributed by atoms with E-state index >= 15 is 0 Å². The summed E-state index contributed by atoms with van der Waals surface area (Å²) in [5, 5.41) is 0. The monoisotopic (exact) mass is 876 g/mol. The van der Waals surface area contributed by atoms with Gasteiger partial charge in [-0.25, -0.2) is 0 Å². The Morgan fingerprint density at radius 2 is 0.738 bits per heavy atom. The maximum absolute atomic E-state index is 4.57. The van der Waals surface area contributed by atoms with Crippen molar-refractivity contribution >= 4 is 0 Å². The minimum atomic E-state index is 0. The normalized spacial score (nSPS) is 10.2. The molecule has 3 aromatic heterocycles. The Morgan fingerprint density at radius 3 is 1.07 bits per heavy atom. The predicted octanol–water partition coefficient (Wildman–Crippen LogP) is 14.3. The Hall–Kier alpha value is -6.74. The van der Waals surface area contributed by atoms with Gasteiger partial charge in [-0.2, -0.15) is 18.1 Å². The molecule has 303 valence electrons. The number of rotatable bonds is 9. The zero-order chi connectivity index (χ0) is 41.4. The minimum Gasteiger partial charge on any atom is -0.305 e. The molecule has 61 heavy (non-hydrogen) atoms. The van der Waals surface area contributed by atoms with Gasteiger partial charge >= 0.3 is 0 Å². The zero-order valence-corrected chi connectivity index (χ0v) is 36.4. The summed E-state index contributed by atoms with van der Waals surface area (Å²) in [5.74, 6) is 0. The maximum atomic E-state index is 4.57. The second kappa shape index (κ2) is 22.6. The van der Waals surface area contributed by atoms with Crippen molar-refractivity contribution in [1.29, 1.82) is 0 Å². The van der Waals surface area contributed by atoms with Crippen LogP contribution in [0.5, 0.6) is 0 Å². The van der Waals surface area contributed by atoms with Crippen LogP contribution in [0.4, 0.5) is 0 Å². The van der Waals surface area contributed by atoms with E-state index in [1.54, 1.807) is 0 Å². The SMILES string of the molecule is CCc1ccccc1-c1ccc(-c2[c-]cccc2)nc1.CCc1ccccc1-c1ccc(-c2[c-]cccc2)nc1.C[CH-]c1ccccc1-c1ccc(-c2[c-]cccc2)nc1.[Rh]. The molecule has 0 unspecified atom stereocenters. The molecule has 0 saturated heterocycles. The number of aromatic nitrogens is 3. The van der Waals surface area contributed by atoms with Crippen LogP contribution in [0.1, 0.15) is 37.5 Å². The van der Waals surface area contributed by atoms with Crippen molar-refractivity contribution in [3.8, 4) is 67.2 Å². The molecule has 9 aromatic rings. The summed E-state index contributed by atoms with van der Waals surface area (Å²) in [4.78, 5) is 13.7. The number of pyridine rings is 3. The molecule has 3 nitrogen and oxygen atoms in total. The average Bonchev–Trinajstić information content (AvgIpc) is 3.35. The molecule has 6 aromatic carbocycles. The maximum Gasteiger partial charge on any atom is 0.0239 e. The summed E-state index contributed by atoms with van der Waals surface area (Å²) in [5.41, 5.74) is 17.1. The third kappa shape index (κ3) is 11.5. The van der Waals surface area contributed by atoms with Crippen LogP contribution in [0.15, 0.2) is 201 Å². The summed E-state index contributed by atoms with van der Waals surface area (Å²) in [6, 6.07) is 71.3. The van der Waals surface area contributed by atoms with E-state index in [9.17, 15) is 0 Å². The molecule has 0 saturated carbocycles. The quantitative estimate of drug-likeness (QED) is 0.107. The Kier molecular flexibility index (Phi) is 16.2. The first-order chi connectivity index (χ1) is 29.6. The van der Waals surface area contributed by atoms with E-state index in [4.69, 9.17) is 0 Å². The van der Waals surface area contributed by atoms with Gasteiger partial charge in [0.15, 0.2) is 0 Å². The molecule has 0 aliphatic carbocycles. The third-order valence-corrected chi connectivity index (χ3v) is 10.2. The summed E-state index contributed by atoms with van der Waals surface area (Å²) in [6.07, 6.45) is 10.0. The van der Waals surface area contributed by atoms with Gasteiger partial charge < -0.3 is 15.0 Å². The van der Waals surface area contributed by atoms with E-state index in [0.29, 0.717) is 0 Å². The van der Waals surface area contributed by atoms with E-state index in [2.05, 4.69) is 163 Å². The molecule has 0 aliphatic heterocycles. The van der Waals surface area contributed by atoms with Crippen molar-refractivity contribution in [3.63, 3.8) is 0 Å². The average molecular weight is 877 g/mol. The fraction of sp³-hybridized carbons (Fsp3) is 0.0877. The van der Waals surface area contributed by atoms with E-state index in [0.717, 1.165) is 52.2 Å². The predicted molar refractivity (Wildman–Crippen MR) is 250 cm³/mol. The van der Waals surface area contributed by atoms with Crippen LogP contribution in [0.3, 0.4) is 0 Å². The first-order valence-electron chi connectivity index (χ1n) is 20.5. The van der Waals surface area contributed by atoms with Crippen molar-refractivity contribution in [2.24, 2.45) is 0 Å². The molecule has 9 rings (SSSR count). The van der Waals surface area contributed by atoms with Gasteiger partial charge in [0.25, 0.3) is 0 Å². The second-order valence-electron chi connectivity index (χ2n) is 14.0. The molecule has 4 heteroatoms. The zero-order valence-electron chi connectivity index (χ0n) is 34.7. The molecule has 0 spiro atoms. The van der Waals surface area contributed by atoms with Crippen molar-refractivity contribution in [2.75, 3.05) is 0 Å². The van der Waals surface area contributed by atoms with Gasteiger partial charge in [0.2, 0.25) is 0 Å². The molecular weight excluding hydrogens is 830 g/mol. The van der Waals surface area contributed by atoms with Crippen molar-refractivity contribution in [1.82, 2.24) is 15.0 Å². The van der Waals surface area contributed by atoms with Crippen molar-refractivity contribution in [2.45, 2.75) is 33.6 Å².